The monoisotopic (exact) mass is 145 g/mol. The van der Waals surface area contributed by atoms with Gasteiger partial charge in [0.15, 0.2) is 0 Å². The standard InChI is InChI=1S/C7H16NP/c1-5-7(3)8-9(4)6-2/h5,7-8H,1,6H2,2-4H3. The maximum atomic E-state index is 3.70. The van der Waals surface area contributed by atoms with Crippen LogP contribution in [-0.4, -0.2) is 18.9 Å². The predicted molar refractivity (Wildman–Crippen MR) is 46.2 cm³/mol. The Morgan fingerprint density at radius 1 is 1.78 bits per heavy atom. The minimum Gasteiger partial charge on any atom is -0.290 e. The van der Waals surface area contributed by atoms with Crippen LogP contribution in [0.2, 0.25) is 0 Å². The van der Waals surface area contributed by atoms with E-state index in [1.807, 2.05) is 6.08 Å². The van der Waals surface area contributed by atoms with E-state index in [1.165, 1.54) is 6.16 Å². The summed E-state index contributed by atoms with van der Waals surface area (Å²) in [6, 6.07) is 0.473. The number of hydrogen-bond acceptors (Lipinski definition) is 1. The number of nitrogens with one attached hydrogen (secondary N) is 1. The summed E-state index contributed by atoms with van der Waals surface area (Å²) < 4.78 is 0. The zero-order chi connectivity index (χ0) is 7.28. The van der Waals surface area contributed by atoms with Crippen molar-refractivity contribution in [3.8, 4) is 0 Å². The molecule has 0 aromatic rings. The minimum atomic E-state index is 0.0552. The third-order valence-electron chi connectivity index (χ3n) is 1.25. The van der Waals surface area contributed by atoms with Crippen molar-refractivity contribution in [1.82, 2.24) is 5.09 Å². The molecule has 0 aromatic carbocycles. The highest BCUT2D eigenvalue weighted by molar-refractivity contribution is 7.54. The first kappa shape index (κ1) is 9.13. The fraction of sp³-hybridized carbons (Fsp3) is 0.714. The highest BCUT2D eigenvalue weighted by Crippen LogP contribution is 2.23. The largest absolute Gasteiger partial charge is 0.290 e. The van der Waals surface area contributed by atoms with Crippen molar-refractivity contribution in [2.45, 2.75) is 19.9 Å². The Morgan fingerprint density at radius 3 is 2.67 bits per heavy atom. The highest BCUT2D eigenvalue weighted by atomic mass is 31.1. The molecule has 0 radical (unpaired) electrons. The molecule has 0 aromatic heterocycles. The van der Waals surface area contributed by atoms with Gasteiger partial charge in [-0.15, -0.1) is 6.58 Å². The minimum absolute atomic E-state index is 0.0552. The van der Waals surface area contributed by atoms with Crippen LogP contribution in [0.5, 0.6) is 0 Å². The van der Waals surface area contributed by atoms with Crippen molar-refractivity contribution < 1.29 is 0 Å². The van der Waals surface area contributed by atoms with Crippen LogP contribution in [0.3, 0.4) is 0 Å². The van der Waals surface area contributed by atoms with Crippen molar-refractivity contribution in [1.29, 1.82) is 0 Å². The average molecular weight is 145 g/mol. The Kier molecular flexibility index (Phi) is 5.03. The number of hydrogen-bond donors (Lipinski definition) is 1. The van der Waals surface area contributed by atoms with Gasteiger partial charge in [-0.1, -0.05) is 13.0 Å². The second-order valence-electron chi connectivity index (χ2n) is 2.17. The summed E-state index contributed by atoms with van der Waals surface area (Å²) in [6.07, 6.45) is 3.18. The van der Waals surface area contributed by atoms with Crippen molar-refractivity contribution in [2.75, 3.05) is 12.8 Å². The molecule has 0 saturated carbocycles. The van der Waals surface area contributed by atoms with Crippen LogP contribution in [0.4, 0.5) is 0 Å². The fourth-order valence-electron chi connectivity index (χ4n) is 0.492. The zero-order valence-electron chi connectivity index (χ0n) is 6.52. The quantitative estimate of drug-likeness (QED) is 0.472. The molecule has 0 amide bonds. The van der Waals surface area contributed by atoms with Gasteiger partial charge in [-0.05, 0) is 27.8 Å². The van der Waals surface area contributed by atoms with E-state index in [1.54, 1.807) is 0 Å². The molecule has 0 aliphatic carbocycles. The average Bonchev–Trinajstić information content (AvgIpc) is 1.87. The summed E-state index contributed by atoms with van der Waals surface area (Å²) >= 11 is 0. The smallest absolute Gasteiger partial charge is 0.0255 e. The summed E-state index contributed by atoms with van der Waals surface area (Å²) in [7, 11) is 0.0552. The first-order valence-corrected chi connectivity index (χ1v) is 5.28. The molecule has 0 rings (SSSR count). The van der Waals surface area contributed by atoms with E-state index in [9.17, 15) is 0 Å². The molecule has 0 fully saturated rings. The molecular weight excluding hydrogens is 129 g/mol. The molecule has 0 heterocycles. The Morgan fingerprint density at radius 2 is 2.33 bits per heavy atom. The molecule has 1 N–H and O–H groups in total. The van der Waals surface area contributed by atoms with E-state index in [2.05, 4.69) is 32.2 Å². The van der Waals surface area contributed by atoms with E-state index >= 15 is 0 Å². The topological polar surface area (TPSA) is 12.0 Å². The molecule has 2 unspecified atom stereocenters. The van der Waals surface area contributed by atoms with Crippen LogP contribution in [0, 0.1) is 0 Å². The van der Waals surface area contributed by atoms with Gasteiger partial charge in [-0.3, -0.25) is 5.09 Å². The number of rotatable bonds is 4. The Bertz CT molecular complexity index is 83.0. The van der Waals surface area contributed by atoms with Gasteiger partial charge in [-0.2, -0.15) is 0 Å². The van der Waals surface area contributed by atoms with Crippen molar-refractivity contribution in [3.63, 3.8) is 0 Å². The van der Waals surface area contributed by atoms with Crippen LogP contribution in [-0.2, 0) is 0 Å². The lowest BCUT2D eigenvalue weighted by atomic mass is 10.4. The van der Waals surface area contributed by atoms with Crippen LogP contribution in [0.15, 0.2) is 12.7 Å². The summed E-state index contributed by atoms with van der Waals surface area (Å²) in [5, 5.41) is 3.43. The second-order valence-corrected chi connectivity index (χ2v) is 4.45. The third-order valence-corrected chi connectivity index (χ3v) is 3.05. The molecule has 0 saturated heterocycles. The van der Waals surface area contributed by atoms with Crippen molar-refractivity contribution >= 4 is 8.07 Å². The molecule has 54 valence electrons. The van der Waals surface area contributed by atoms with Crippen LogP contribution in [0.1, 0.15) is 13.8 Å². The maximum Gasteiger partial charge on any atom is 0.0255 e. The second kappa shape index (κ2) is 4.96. The predicted octanol–water partition coefficient (Wildman–Crippen LogP) is 2.20. The van der Waals surface area contributed by atoms with Gasteiger partial charge in [0, 0.05) is 6.04 Å². The van der Waals surface area contributed by atoms with Gasteiger partial charge in [0.05, 0.1) is 0 Å². The Labute approximate surface area is 59.3 Å². The van der Waals surface area contributed by atoms with E-state index in [-0.39, 0.29) is 8.07 Å². The molecule has 1 nitrogen and oxygen atoms in total. The summed E-state index contributed by atoms with van der Waals surface area (Å²) in [4.78, 5) is 0. The summed E-state index contributed by atoms with van der Waals surface area (Å²) in [6.45, 7) is 10.3. The van der Waals surface area contributed by atoms with Crippen molar-refractivity contribution in [2.24, 2.45) is 0 Å². The lowest BCUT2D eigenvalue weighted by Crippen LogP contribution is -2.18. The van der Waals surface area contributed by atoms with Gasteiger partial charge in [0.25, 0.3) is 0 Å². The van der Waals surface area contributed by atoms with Gasteiger partial charge in [0.1, 0.15) is 0 Å². The molecular formula is C7H16NP. The normalized spacial score (nSPS) is 16.8. The molecule has 2 atom stereocenters. The van der Waals surface area contributed by atoms with E-state index < -0.39 is 0 Å². The lowest BCUT2D eigenvalue weighted by Gasteiger charge is -2.14. The molecule has 0 spiro atoms. The van der Waals surface area contributed by atoms with E-state index in [0.717, 1.165) is 0 Å². The molecule has 0 aliphatic heterocycles. The van der Waals surface area contributed by atoms with E-state index in [4.69, 9.17) is 0 Å². The zero-order valence-corrected chi connectivity index (χ0v) is 7.41. The summed E-state index contributed by atoms with van der Waals surface area (Å²) in [5.74, 6) is 0. The Hall–Kier alpha value is 0.130. The fourth-order valence-corrected chi connectivity index (χ4v) is 1.47. The molecule has 9 heavy (non-hydrogen) atoms. The van der Waals surface area contributed by atoms with Gasteiger partial charge < -0.3 is 0 Å². The first-order valence-electron chi connectivity index (χ1n) is 3.30. The Balaban J connectivity index is 3.33. The SMILES string of the molecule is C=CC(C)NP(C)CC. The molecule has 0 aliphatic rings. The maximum absolute atomic E-state index is 3.70. The summed E-state index contributed by atoms with van der Waals surface area (Å²) in [5.41, 5.74) is 0. The van der Waals surface area contributed by atoms with Gasteiger partial charge >= 0.3 is 0 Å². The van der Waals surface area contributed by atoms with Crippen LogP contribution in [0.25, 0.3) is 0 Å². The highest BCUT2D eigenvalue weighted by Gasteiger charge is 1.98. The molecule has 2 heteroatoms. The van der Waals surface area contributed by atoms with Crippen molar-refractivity contribution in [3.05, 3.63) is 12.7 Å². The molecule has 0 bridgehead atoms. The van der Waals surface area contributed by atoms with Gasteiger partial charge in [0.2, 0.25) is 0 Å². The van der Waals surface area contributed by atoms with E-state index in [0.29, 0.717) is 6.04 Å². The van der Waals surface area contributed by atoms with Crippen LogP contribution >= 0.6 is 8.07 Å². The van der Waals surface area contributed by atoms with Crippen LogP contribution < -0.4 is 5.09 Å². The van der Waals surface area contributed by atoms with Gasteiger partial charge in [-0.25, -0.2) is 0 Å². The third kappa shape index (κ3) is 4.62. The first-order chi connectivity index (χ1) is 4.20. The lowest BCUT2D eigenvalue weighted by molar-refractivity contribution is 0.840.